The molecule has 0 unspecified atom stereocenters. The summed E-state index contributed by atoms with van der Waals surface area (Å²) in [6.07, 6.45) is 5.25. The molecule has 9 nitrogen and oxygen atoms in total. The van der Waals surface area contributed by atoms with Crippen molar-refractivity contribution in [3.8, 4) is 17.2 Å². The maximum Gasteiger partial charge on any atom is 2.00 e. The van der Waals surface area contributed by atoms with Crippen LogP contribution in [0.15, 0.2) is 52.4 Å². The predicted octanol–water partition coefficient (Wildman–Crippen LogP) is 7.11. The Balaban J connectivity index is 0.00000251. The molecule has 2 N–H and O–H groups in total. The second-order valence-electron chi connectivity index (χ2n) is 15.2. The molecule has 0 saturated carbocycles. The normalized spacial score (nSPS) is 11.5. The Bertz CT molecular complexity index is 1640. The number of aliphatic carboxylic acids is 2. The Morgan fingerprint density at radius 3 is 1.37 bits per heavy atom. The minimum atomic E-state index is -1.08. The van der Waals surface area contributed by atoms with E-state index in [1.54, 1.807) is 19.5 Å². The van der Waals surface area contributed by atoms with E-state index in [-0.39, 0.29) is 39.1 Å². The van der Waals surface area contributed by atoms with E-state index < -0.39 is 11.9 Å². The minimum Gasteiger partial charge on any atom is -0.550 e. The molecular weight excluding hydrogens is 691 g/mol. The Morgan fingerprint density at radius 1 is 0.706 bits per heavy atom. The van der Waals surface area contributed by atoms with E-state index >= 15 is 0 Å². The van der Waals surface area contributed by atoms with Crippen molar-refractivity contribution in [2.24, 2.45) is 21.8 Å². The summed E-state index contributed by atoms with van der Waals surface area (Å²) in [6, 6.07) is 13.8. The van der Waals surface area contributed by atoms with Gasteiger partial charge in [0.25, 0.3) is 0 Å². The van der Waals surface area contributed by atoms with Crippen molar-refractivity contribution in [2.75, 3.05) is 7.11 Å². The van der Waals surface area contributed by atoms with Crippen LogP contribution in [0.25, 0.3) is 0 Å². The molecule has 3 rings (SSSR count). The van der Waals surface area contributed by atoms with Crippen LogP contribution in [0.2, 0.25) is 0 Å². The van der Waals surface area contributed by atoms with Crippen molar-refractivity contribution < 1.29 is 51.5 Å². The summed E-state index contributed by atoms with van der Waals surface area (Å²) in [4.78, 5) is 27.4. The molecule has 0 aliphatic carbocycles. The summed E-state index contributed by atoms with van der Waals surface area (Å²) < 4.78 is 5.48. The van der Waals surface area contributed by atoms with Gasteiger partial charge in [-0.05, 0) is 84.7 Å². The number of carbonyl (C=O) groups excluding carboxylic acids is 2. The Morgan fingerprint density at radius 2 is 1.06 bits per heavy atom. The molecule has 3 aromatic rings. The predicted molar refractivity (Wildman–Crippen MR) is 200 cm³/mol. The van der Waals surface area contributed by atoms with Crippen LogP contribution >= 0.6 is 0 Å². The van der Waals surface area contributed by atoms with Gasteiger partial charge in [-0.2, -0.15) is 0 Å². The van der Waals surface area contributed by atoms with Crippen LogP contribution < -0.4 is 14.9 Å². The number of methoxy groups -OCH3 is 1. The zero-order valence-electron chi connectivity index (χ0n) is 32.4. The van der Waals surface area contributed by atoms with Crippen molar-refractivity contribution in [1.29, 1.82) is 0 Å². The number of rotatable bonds is 9. The fourth-order valence-electron chi connectivity index (χ4n) is 5.08. The number of nitrogens with zero attached hydrogens (tertiary/aromatic N) is 2. The quantitative estimate of drug-likeness (QED) is 0.221. The number of phenols is 2. The number of carboxylic acid groups (broad SMARTS) is 2. The molecule has 51 heavy (non-hydrogen) atoms. The van der Waals surface area contributed by atoms with E-state index in [0.29, 0.717) is 40.1 Å². The molecular formula is C41H56CoN2O7. The molecule has 0 aromatic heterocycles. The first-order chi connectivity index (χ1) is 23.0. The molecule has 10 heteroatoms. The van der Waals surface area contributed by atoms with Crippen LogP contribution in [0.5, 0.6) is 17.2 Å². The SMILES string of the molecule is CC(=O)[O-].CC(=O)[O-].COc1ccc(N=Cc2cc(CC(C)C)cc(C(C)(C)C)c2O)c(N=Cc2cc(CC(C)C)cc(C(C)(C)C)c2O)c1.[Co+2]. The van der Waals surface area contributed by atoms with E-state index in [1.165, 1.54) is 11.1 Å². The summed E-state index contributed by atoms with van der Waals surface area (Å²) in [5.74, 6) is -0.0389. The molecule has 1 radical (unpaired) electrons. The number of ether oxygens (including phenoxy) is 1. The average Bonchev–Trinajstić information content (AvgIpc) is 2.95. The van der Waals surface area contributed by atoms with Crippen molar-refractivity contribution in [2.45, 2.75) is 107 Å². The maximum atomic E-state index is 11.2. The topological polar surface area (TPSA) is 155 Å². The second kappa shape index (κ2) is 20.6. The first-order valence-corrected chi connectivity index (χ1v) is 16.8. The molecule has 0 spiro atoms. The monoisotopic (exact) mass is 747 g/mol. The van der Waals surface area contributed by atoms with Gasteiger partial charge in [0.05, 0.1) is 18.5 Å². The van der Waals surface area contributed by atoms with E-state index in [9.17, 15) is 10.2 Å². The van der Waals surface area contributed by atoms with Crippen LogP contribution in [0, 0.1) is 11.8 Å². The van der Waals surface area contributed by atoms with E-state index in [4.69, 9.17) is 34.5 Å². The summed E-state index contributed by atoms with van der Waals surface area (Å²) >= 11 is 0. The summed E-state index contributed by atoms with van der Waals surface area (Å²) in [5.41, 5.74) is 6.30. The molecule has 0 saturated heterocycles. The standard InChI is InChI=1S/C37H50N2O3.2C2H4O2.Co/c1-23(2)14-25-16-27(34(40)30(18-25)36(5,6)7)21-38-32-13-12-29(42-11)20-33(32)39-22-28-17-26(15-24(3)4)19-31(35(28)41)37(8,9)10;2*1-2(3)4;/h12-13,16-24,40-41H,14-15H2,1-11H3;2*1H3,(H,3,4);/q;;;+2/p-2. The molecule has 281 valence electrons. The molecule has 0 amide bonds. The molecule has 0 aliphatic heterocycles. The summed E-state index contributed by atoms with van der Waals surface area (Å²) in [5, 5.41) is 40.2. The van der Waals surface area contributed by atoms with Gasteiger partial charge in [-0.25, -0.2) is 0 Å². The van der Waals surface area contributed by atoms with Gasteiger partial charge in [-0.1, -0.05) is 81.4 Å². The zero-order chi connectivity index (χ0) is 38.6. The number of phenolic OH excluding ortho intramolecular Hbond substituents is 2. The zero-order valence-corrected chi connectivity index (χ0v) is 33.5. The first kappa shape index (κ1) is 46.8. The Hall–Kier alpha value is -4.15. The van der Waals surface area contributed by atoms with Gasteiger partial charge in [0.1, 0.15) is 17.2 Å². The third-order valence-electron chi connectivity index (χ3n) is 7.17. The third-order valence-corrected chi connectivity index (χ3v) is 7.17. The Kier molecular flexibility index (Phi) is 19.0. The van der Waals surface area contributed by atoms with Gasteiger partial charge in [0.15, 0.2) is 0 Å². The molecule has 0 heterocycles. The van der Waals surface area contributed by atoms with Crippen molar-refractivity contribution in [1.82, 2.24) is 0 Å². The van der Waals surface area contributed by atoms with Gasteiger partial charge in [0.2, 0.25) is 0 Å². The van der Waals surface area contributed by atoms with Gasteiger partial charge in [-0.3, -0.25) is 9.98 Å². The molecule has 0 bridgehead atoms. The largest absolute Gasteiger partial charge is 2.00 e. The van der Waals surface area contributed by atoms with Gasteiger partial charge < -0.3 is 34.8 Å². The average molecular weight is 748 g/mol. The first-order valence-electron chi connectivity index (χ1n) is 16.8. The molecule has 0 aliphatic rings. The van der Waals surface area contributed by atoms with Crippen LogP contribution in [-0.4, -0.2) is 41.7 Å². The summed E-state index contributed by atoms with van der Waals surface area (Å²) in [6.45, 7) is 23.4. The third kappa shape index (κ3) is 16.6. The number of benzene rings is 3. The number of aliphatic imine (C=N–C) groups is 2. The van der Waals surface area contributed by atoms with E-state index in [0.717, 1.165) is 37.8 Å². The maximum absolute atomic E-state index is 11.2. The van der Waals surface area contributed by atoms with Crippen molar-refractivity contribution >= 4 is 35.7 Å². The number of carboxylic acids is 2. The van der Waals surface area contributed by atoms with Crippen molar-refractivity contribution in [3.05, 3.63) is 75.8 Å². The number of hydrogen-bond acceptors (Lipinski definition) is 9. The minimum absolute atomic E-state index is 0. The molecule has 0 atom stereocenters. The van der Waals surface area contributed by atoms with Crippen molar-refractivity contribution in [3.63, 3.8) is 0 Å². The number of hydrogen-bond donors (Lipinski definition) is 2. The van der Waals surface area contributed by atoms with E-state index in [2.05, 4.69) is 81.4 Å². The van der Waals surface area contributed by atoms with Crippen LogP contribution in [-0.2, 0) is 50.0 Å². The summed E-state index contributed by atoms with van der Waals surface area (Å²) in [7, 11) is 1.62. The number of carbonyl (C=O) groups is 2. The smallest absolute Gasteiger partial charge is 0.550 e. The second-order valence-corrected chi connectivity index (χ2v) is 15.2. The van der Waals surface area contributed by atoms with Crippen LogP contribution in [0.4, 0.5) is 11.4 Å². The fourth-order valence-corrected chi connectivity index (χ4v) is 5.08. The van der Waals surface area contributed by atoms with Crippen LogP contribution in [0.1, 0.15) is 116 Å². The van der Waals surface area contributed by atoms with E-state index in [1.807, 2.05) is 30.3 Å². The van der Waals surface area contributed by atoms with Gasteiger partial charge in [0, 0.05) is 52.7 Å². The number of aromatic hydroxyl groups is 2. The Labute approximate surface area is 315 Å². The fraction of sp³-hybridized carbons (Fsp3) is 0.463. The van der Waals surface area contributed by atoms with Gasteiger partial charge in [-0.15, -0.1) is 0 Å². The molecule has 0 fully saturated rings. The molecule has 3 aromatic carbocycles. The van der Waals surface area contributed by atoms with Crippen LogP contribution in [0.3, 0.4) is 0 Å². The van der Waals surface area contributed by atoms with Gasteiger partial charge >= 0.3 is 16.8 Å².